The number of nitrogens with zero attached hydrogens (tertiary/aromatic N) is 1. The lowest BCUT2D eigenvalue weighted by atomic mass is 9.71. The van der Waals surface area contributed by atoms with Crippen molar-refractivity contribution in [3.8, 4) is 5.75 Å². The summed E-state index contributed by atoms with van der Waals surface area (Å²) in [7, 11) is 0. The lowest BCUT2D eigenvalue weighted by Crippen LogP contribution is -2.33. The van der Waals surface area contributed by atoms with Crippen LogP contribution in [0.3, 0.4) is 0 Å². The maximum absolute atomic E-state index is 10.1. The summed E-state index contributed by atoms with van der Waals surface area (Å²) >= 11 is 8.49. The molecule has 1 aromatic rings. The standard InChI is InChI=1S/C17H21Br2NOS/c1-16(2)11-4-5-17(16,3)14(7-11)22-20-9-10-6-12(18)8-13(19)15(10)21/h6,8-9,11,14,21H,4-5,7H2,1-3H3/b20-9+/t11-,14-,17+/m0/s1. The van der Waals surface area contributed by atoms with E-state index in [2.05, 4.69) is 57.0 Å². The Bertz CT molecular complexity index is 631. The molecule has 3 rings (SSSR count). The molecule has 0 spiro atoms. The van der Waals surface area contributed by atoms with Gasteiger partial charge in [-0.15, -0.1) is 0 Å². The van der Waals surface area contributed by atoms with Gasteiger partial charge < -0.3 is 5.11 Å². The fraction of sp³-hybridized carbons (Fsp3) is 0.588. The van der Waals surface area contributed by atoms with E-state index in [0.29, 0.717) is 20.6 Å². The number of phenolic OH excluding ortho intramolecular Hbond substituents is 1. The Hall–Kier alpha value is -0.000000000000000111. The highest BCUT2D eigenvalue weighted by Gasteiger charge is 2.61. The van der Waals surface area contributed by atoms with Gasteiger partial charge in [0, 0.05) is 21.5 Å². The molecular weight excluding hydrogens is 426 g/mol. The first-order valence-corrected chi connectivity index (χ1v) is 10.0. The molecule has 1 aromatic carbocycles. The molecule has 2 saturated carbocycles. The molecule has 120 valence electrons. The largest absolute Gasteiger partial charge is 0.506 e. The smallest absolute Gasteiger partial charge is 0.138 e. The molecule has 2 aliphatic rings. The third-order valence-corrected chi connectivity index (χ3v) is 8.41. The minimum Gasteiger partial charge on any atom is -0.506 e. The Morgan fingerprint density at radius 2 is 2.05 bits per heavy atom. The number of fused-ring (bicyclic) bond motifs is 2. The van der Waals surface area contributed by atoms with Crippen molar-refractivity contribution in [3.05, 3.63) is 26.6 Å². The predicted octanol–water partition coefficient (Wildman–Crippen LogP) is 6.20. The fourth-order valence-corrected chi connectivity index (χ4v) is 6.69. The maximum atomic E-state index is 10.1. The molecule has 5 heteroatoms. The number of halogens is 2. The third kappa shape index (κ3) is 2.57. The van der Waals surface area contributed by atoms with Gasteiger partial charge in [-0.2, -0.15) is 0 Å². The molecule has 0 radical (unpaired) electrons. The van der Waals surface area contributed by atoms with Gasteiger partial charge >= 0.3 is 0 Å². The SMILES string of the molecule is CC1(C)[C@H]2CC[C@]1(C)[C@@H](S/N=C/c1cc(Br)cc(Br)c1O)C2. The Morgan fingerprint density at radius 3 is 2.64 bits per heavy atom. The van der Waals surface area contributed by atoms with Gasteiger partial charge in [-0.25, -0.2) is 4.40 Å². The van der Waals surface area contributed by atoms with Crippen molar-refractivity contribution >= 4 is 50.0 Å². The van der Waals surface area contributed by atoms with E-state index in [9.17, 15) is 5.11 Å². The van der Waals surface area contributed by atoms with E-state index in [1.807, 2.05) is 12.1 Å². The van der Waals surface area contributed by atoms with Crippen LogP contribution in [0.1, 0.15) is 45.6 Å². The van der Waals surface area contributed by atoms with Crippen LogP contribution >= 0.6 is 43.8 Å². The molecular formula is C17H21Br2NOS. The van der Waals surface area contributed by atoms with Gasteiger partial charge in [0.25, 0.3) is 0 Å². The van der Waals surface area contributed by atoms with Crippen LogP contribution in [0.5, 0.6) is 5.75 Å². The van der Waals surface area contributed by atoms with E-state index >= 15 is 0 Å². The van der Waals surface area contributed by atoms with Crippen molar-refractivity contribution in [2.75, 3.05) is 0 Å². The molecule has 2 aliphatic carbocycles. The van der Waals surface area contributed by atoms with Crippen molar-refractivity contribution in [2.24, 2.45) is 21.1 Å². The number of hydrogen-bond acceptors (Lipinski definition) is 3. The van der Waals surface area contributed by atoms with E-state index in [1.165, 1.54) is 19.3 Å². The first-order chi connectivity index (χ1) is 10.3. The van der Waals surface area contributed by atoms with E-state index in [4.69, 9.17) is 0 Å². The van der Waals surface area contributed by atoms with Crippen LogP contribution < -0.4 is 0 Å². The molecule has 0 aliphatic heterocycles. The number of rotatable bonds is 3. The molecule has 0 amide bonds. The second kappa shape index (κ2) is 5.82. The minimum atomic E-state index is 0.243. The second-order valence-corrected chi connectivity index (χ2v) is 10.0. The van der Waals surface area contributed by atoms with Gasteiger partial charge in [0.2, 0.25) is 0 Å². The van der Waals surface area contributed by atoms with Crippen LogP contribution in [-0.4, -0.2) is 16.6 Å². The molecule has 22 heavy (non-hydrogen) atoms. The van der Waals surface area contributed by atoms with Crippen LogP contribution in [0.25, 0.3) is 0 Å². The Balaban J connectivity index is 1.74. The van der Waals surface area contributed by atoms with Crippen LogP contribution in [0.2, 0.25) is 0 Å². The van der Waals surface area contributed by atoms with E-state index in [0.717, 1.165) is 16.0 Å². The molecule has 0 saturated heterocycles. The normalized spacial score (nSPS) is 33.0. The molecule has 0 heterocycles. The zero-order valence-electron chi connectivity index (χ0n) is 13.1. The molecule has 0 aromatic heterocycles. The van der Waals surface area contributed by atoms with E-state index < -0.39 is 0 Å². The zero-order chi connectivity index (χ0) is 16.1. The average Bonchev–Trinajstić information content (AvgIpc) is 2.77. The van der Waals surface area contributed by atoms with Gasteiger partial charge in [-0.1, -0.05) is 36.7 Å². The molecule has 0 unspecified atom stereocenters. The lowest BCUT2D eigenvalue weighted by molar-refractivity contribution is 0.156. The second-order valence-electron chi connectivity index (χ2n) is 7.26. The van der Waals surface area contributed by atoms with E-state index in [-0.39, 0.29) is 5.75 Å². The predicted molar refractivity (Wildman–Crippen MR) is 102 cm³/mol. The summed E-state index contributed by atoms with van der Waals surface area (Å²) in [6.45, 7) is 7.28. The topological polar surface area (TPSA) is 32.6 Å². The number of aromatic hydroxyl groups is 1. The highest BCUT2D eigenvalue weighted by Crippen LogP contribution is 2.68. The summed E-state index contributed by atoms with van der Waals surface area (Å²) in [4.78, 5) is 0. The number of hydrogen-bond donors (Lipinski definition) is 1. The van der Waals surface area contributed by atoms with E-state index in [1.54, 1.807) is 18.2 Å². The van der Waals surface area contributed by atoms with Crippen LogP contribution in [-0.2, 0) is 0 Å². The van der Waals surface area contributed by atoms with Gasteiger partial charge in [-0.05, 0) is 76.0 Å². The summed E-state index contributed by atoms with van der Waals surface area (Å²) in [5.74, 6) is 1.07. The molecule has 2 bridgehead atoms. The van der Waals surface area contributed by atoms with Gasteiger partial charge in [0.15, 0.2) is 0 Å². The van der Waals surface area contributed by atoms with Gasteiger partial charge in [0.1, 0.15) is 5.75 Å². The third-order valence-electron chi connectivity index (χ3n) is 6.15. The molecule has 3 atom stereocenters. The van der Waals surface area contributed by atoms with Crippen LogP contribution in [0.4, 0.5) is 0 Å². The molecule has 2 fully saturated rings. The van der Waals surface area contributed by atoms with Crippen LogP contribution in [0.15, 0.2) is 25.5 Å². The minimum absolute atomic E-state index is 0.243. The molecule has 2 nitrogen and oxygen atoms in total. The van der Waals surface area contributed by atoms with Gasteiger partial charge in [0.05, 0.1) is 4.47 Å². The van der Waals surface area contributed by atoms with Crippen molar-refractivity contribution in [1.29, 1.82) is 0 Å². The first kappa shape index (κ1) is 16.8. The lowest BCUT2D eigenvalue weighted by Gasteiger charge is -2.38. The van der Waals surface area contributed by atoms with Crippen LogP contribution in [0, 0.1) is 16.7 Å². The summed E-state index contributed by atoms with van der Waals surface area (Å²) in [6.07, 6.45) is 5.71. The monoisotopic (exact) mass is 445 g/mol. The number of benzene rings is 1. The summed E-state index contributed by atoms with van der Waals surface area (Å²) in [6, 6.07) is 3.72. The first-order valence-electron chi connectivity index (χ1n) is 7.63. The Kier molecular flexibility index (Phi) is 4.45. The van der Waals surface area contributed by atoms with Crippen molar-refractivity contribution < 1.29 is 5.11 Å². The molecule has 1 N–H and O–H groups in total. The highest BCUT2D eigenvalue weighted by molar-refractivity contribution is 9.11. The fourth-order valence-electron chi connectivity index (χ4n) is 4.13. The van der Waals surface area contributed by atoms with Crippen molar-refractivity contribution in [2.45, 2.75) is 45.3 Å². The zero-order valence-corrected chi connectivity index (χ0v) is 17.1. The number of phenols is 1. The van der Waals surface area contributed by atoms with Gasteiger partial charge in [-0.3, -0.25) is 0 Å². The maximum Gasteiger partial charge on any atom is 0.138 e. The summed E-state index contributed by atoms with van der Waals surface area (Å²) in [5.41, 5.74) is 1.53. The van der Waals surface area contributed by atoms with Crippen molar-refractivity contribution in [3.63, 3.8) is 0 Å². The highest BCUT2D eigenvalue weighted by atomic mass is 79.9. The quantitative estimate of drug-likeness (QED) is 0.442. The summed E-state index contributed by atoms with van der Waals surface area (Å²) in [5, 5.41) is 10.7. The Labute approximate surface area is 153 Å². The average molecular weight is 447 g/mol. The summed E-state index contributed by atoms with van der Waals surface area (Å²) < 4.78 is 6.20. The van der Waals surface area contributed by atoms with Crippen molar-refractivity contribution in [1.82, 2.24) is 0 Å². The Morgan fingerprint density at radius 1 is 1.32 bits per heavy atom.